The molecular formula is C20H22F3N3O3. The smallest absolute Gasteiger partial charge is 0.460 e. The third-order valence-electron chi connectivity index (χ3n) is 4.57. The summed E-state index contributed by atoms with van der Waals surface area (Å²) in [6, 6.07) is 7.19. The van der Waals surface area contributed by atoms with Crippen molar-refractivity contribution in [2.24, 2.45) is 0 Å². The molecule has 1 saturated carbocycles. The highest BCUT2D eigenvalue weighted by molar-refractivity contribution is 5.94. The van der Waals surface area contributed by atoms with Crippen molar-refractivity contribution in [2.45, 2.75) is 58.0 Å². The lowest BCUT2D eigenvalue weighted by Gasteiger charge is -2.29. The number of amides is 1. The van der Waals surface area contributed by atoms with E-state index in [1.54, 1.807) is 0 Å². The maximum atomic E-state index is 12.4. The number of aromatic nitrogens is 2. The first-order valence-electron chi connectivity index (χ1n) is 9.33. The van der Waals surface area contributed by atoms with Crippen LogP contribution in [-0.4, -0.2) is 34.4 Å². The van der Waals surface area contributed by atoms with Crippen LogP contribution in [0.25, 0.3) is 0 Å². The van der Waals surface area contributed by atoms with E-state index in [2.05, 4.69) is 20.0 Å². The first-order chi connectivity index (χ1) is 13.7. The number of carbonyl (C=O) groups excluding carboxylic acids is 1. The molecule has 0 atom stereocenters. The second-order valence-corrected chi connectivity index (χ2v) is 7.07. The van der Waals surface area contributed by atoms with Crippen molar-refractivity contribution in [2.75, 3.05) is 0 Å². The maximum Gasteiger partial charge on any atom is 0.573 e. The van der Waals surface area contributed by atoms with Crippen molar-refractivity contribution >= 4 is 5.91 Å². The Bertz CT molecular complexity index is 845. The molecular weight excluding hydrogens is 387 g/mol. The number of aryl methyl sites for hydroxylation is 2. The first kappa shape index (κ1) is 20.9. The molecule has 0 saturated heterocycles. The van der Waals surface area contributed by atoms with Crippen LogP contribution in [0.2, 0.25) is 0 Å². The Balaban J connectivity index is 1.51. The number of alkyl halides is 3. The fraction of sp³-hybridized carbons (Fsp3) is 0.450. The summed E-state index contributed by atoms with van der Waals surface area (Å²) < 4.78 is 46.7. The van der Waals surface area contributed by atoms with E-state index in [0.29, 0.717) is 18.9 Å². The minimum atomic E-state index is -4.80. The fourth-order valence-corrected chi connectivity index (χ4v) is 3.32. The second-order valence-electron chi connectivity index (χ2n) is 7.07. The van der Waals surface area contributed by atoms with Crippen LogP contribution in [0.15, 0.2) is 30.3 Å². The van der Waals surface area contributed by atoms with Gasteiger partial charge in [0, 0.05) is 23.0 Å². The Morgan fingerprint density at radius 3 is 2.34 bits per heavy atom. The Morgan fingerprint density at radius 2 is 1.72 bits per heavy atom. The molecule has 1 aromatic carbocycles. The Kier molecular flexibility index (Phi) is 6.24. The van der Waals surface area contributed by atoms with Gasteiger partial charge in [0.05, 0.1) is 0 Å². The number of rotatable bonds is 5. The van der Waals surface area contributed by atoms with Crippen molar-refractivity contribution in [1.82, 2.24) is 15.3 Å². The van der Waals surface area contributed by atoms with E-state index in [-0.39, 0.29) is 17.7 Å². The molecule has 3 rings (SSSR count). The fourth-order valence-electron chi connectivity index (χ4n) is 3.32. The number of halogens is 3. The van der Waals surface area contributed by atoms with Gasteiger partial charge in [0.2, 0.25) is 0 Å². The summed E-state index contributed by atoms with van der Waals surface area (Å²) >= 11 is 0. The third-order valence-corrected chi connectivity index (χ3v) is 4.57. The monoisotopic (exact) mass is 409 g/mol. The minimum Gasteiger partial charge on any atom is -0.460 e. The van der Waals surface area contributed by atoms with Crippen molar-refractivity contribution < 1.29 is 27.4 Å². The summed E-state index contributed by atoms with van der Waals surface area (Å²) in [5.41, 5.74) is 1.80. The lowest BCUT2D eigenvalue weighted by atomic mass is 9.92. The summed E-state index contributed by atoms with van der Waals surface area (Å²) in [5, 5.41) is 2.87. The molecule has 2 aromatic rings. The maximum absolute atomic E-state index is 12.4. The van der Waals surface area contributed by atoms with Crippen molar-refractivity contribution in [3.8, 4) is 11.8 Å². The summed E-state index contributed by atoms with van der Waals surface area (Å²) in [7, 11) is 0. The number of nitrogens with zero attached hydrogens (tertiary/aromatic N) is 2. The van der Waals surface area contributed by atoms with Gasteiger partial charge in [-0.25, -0.2) is 9.97 Å². The summed E-state index contributed by atoms with van der Waals surface area (Å²) in [6.07, 6.45) is -2.00. The molecule has 0 bridgehead atoms. The first-order valence-corrected chi connectivity index (χ1v) is 9.33. The van der Waals surface area contributed by atoms with Crippen LogP contribution in [0.5, 0.6) is 11.8 Å². The van der Waals surface area contributed by atoms with Gasteiger partial charge in [-0.2, -0.15) is 0 Å². The number of ether oxygens (including phenoxy) is 2. The highest BCUT2D eigenvalue weighted by Gasteiger charge is 2.31. The van der Waals surface area contributed by atoms with Gasteiger partial charge in [0.15, 0.2) is 0 Å². The number of nitrogens with one attached hydrogen (secondary N) is 1. The van der Waals surface area contributed by atoms with E-state index >= 15 is 0 Å². The van der Waals surface area contributed by atoms with E-state index in [1.165, 1.54) is 12.1 Å². The average molecular weight is 409 g/mol. The molecule has 1 aliphatic rings. The molecule has 1 amide bonds. The summed E-state index contributed by atoms with van der Waals surface area (Å²) in [5.74, 6) is -0.852. The van der Waals surface area contributed by atoms with Crippen LogP contribution in [0.4, 0.5) is 13.2 Å². The van der Waals surface area contributed by atoms with Gasteiger partial charge in [-0.3, -0.25) is 4.79 Å². The van der Waals surface area contributed by atoms with Crippen LogP contribution >= 0.6 is 0 Å². The highest BCUT2D eigenvalue weighted by Crippen LogP contribution is 2.25. The van der Waals surface area contributed by atoms with Gasteiger partial charge in [-0.1, -0.05) is 6.07 Å². The van der Waals surface area contributed by atoms with Crippen LogP contribution in [0.3, 0.4) is 0 Å². The van der Waals surface area contributed by atoms with Crippen molar-refractivity contribution in [3.05, 3.63) is 47.3 Å². The zero-order chi connectivity index (χ0) is 21.0. The molecule has 0 spiro atoms. The van der Waals surface area contributed by atoms with Crippen LogP contribution in [0.1, 0.15) is 47.4 Å². The molecule has 156 valence electrons. The average Bonchev–Trinajstić information content (AvgIpc) is 2.61. The van der Waals surface area contributed by atoms with Gasteiger partial charge in [0.1, 0.15) is 11.9 Å². The predicted molar refractivity (Wildman–Crippen MR) is 98.8 cm³/mol. The van der Waals surface area contributed by atoms with Crippen molar-refractivity contribution in [1.29, 1.82) is 0 Å². The molecule has 0 radical (unpaired) electrons. The summed E-state index contributed by atoms with van der Waals surface area (Å²) in [6.45, 7) is 3.76. The van der Waals surface area contributed by atoms with Gasteiger partial charge < -0.3 is 14.8 Å². The lowest BCUT2D eigenvalue weighted by molar-refractivity contribution is -0.274. The zero-order valence-electron chi connectivity index (χ0n) is 16.1. The molecule has 1 fully saturated rings. The topological polar surface area (TPSA) is 73.3 Å². The molecule has 29 heavy (non-hydrogen) atoms. The second kappa shape index (κ2) is 8.67. The number of hydrogen-bond donors (Lipinski definition) is 1. The number of carbonyl (C=O) groups is 1. The van der Waals surface area contributed by atoms with Crippen molar-refractivity contribution in [3.63, 3.8) is 0 Å². The molecule has 1 aromatic heterocycles. The molecule has 0 unspecified atom stereocenters. The standard InChI is InChI=1S/C20H22F3N3O3/c1-12-10-13(2)25-19(24-12)28-16-8-6-15(7-9-16)26-18(27)14-4-3-5-17(11-14)29-20(21,22)23/h3-5,10-11,15-16H,6-9H2,1-2H3,(H,26,27). The number of benzene rings is 1. The minimum absolute atomic E-state index is 0.0344. The summed E-state index contributed by atoms with van der Waals surface area (Å²) in [4.78, 5) is 20.9. The van der Waals surface area contributed by atoms with E-state index in [9.17, 15) is 18.0 Å². The van der Waals surface area contributed by atoms with E-state index in [1.807, 2.05) is 19.9 Å². The van der Waals surface area contributed by atoms with Gasteiger partial charge in [0.25, 0.3) is 5.91 Å². The molecule has 6 nitrogen and oxygen atoms in total. The predicted octanol–water partition coefficient (Wildman–Crippen LogP) is 4.11. The van der Waals surface area contributed by atoms with Crippen LogP contribution in [-0.2, 0) is 0 Å². The van der Waals surface area contributed by atoms with Gasteiger partial charge in [-0.05, 0) is 63.8 Å². The SMILES string of the molecule is Cc1cc(C)nc(OC2CCC(NC(=O)c3cccc(OC(F)(F)F)c3)CC2)n1. The Morgan fingerprint density at radius 1 is 1.07 bits per heavy atom. The molecule has 9 heteroatoms. The zero-order valence-corrected chi connectivity index (χ0v) is 16.1. The molecule has 1 heterocycles. The van der Waals surface area contributed by atoms with Crippen LogP contribution < -0.4 is 14.8 Å². The highest BCUT2D eigenvalue weighted by atomic mass is 19.4. The normalized spacial score (nSPS) is 19.5. The van der Waals surface area contributed by atoms with E-state index < -0.39 is 18.0 Å². The van der Waals surface area contributed by atoms with Crippen LogP contribution in [0, 0.1) is 13.8 Å². The third kappa shape index (κ3) is 6.33. The molecule has 0 aliphatic heterocycles. The molecule has 1 aliphatic carbocycles. The lowest BCUT2D eigenvalue weighted by Crippen LogP contribution is -2.39. The molecule has 1 N–H and O–H groups in total. The van der Waals surface area contributed by atoms with Gasteiger partial charge >= 0.3 is 12.4 Å². The Labute approximate surface area is 166 Å². The number of hydrogen-bond acceptors (Lipinski definition) is 5. The van der Waals surface area contributed by atoms with Gasteiger partial charge in [-0.15, -0.1) is 13.2 Å². The largest absolute Gasteiger partial charge is 0.573 e. The van der Waals surface area contributed by atoms with E-state index in [4.69, 9.17) is 4.74 Å². The quantitative estimate of drug-likeness (QED) is 0.805. The van der Waals surface area contributed by atoms with E-state index in [0.717, 1.165) is 36.4 Å². The Hall–Kier alpha value is -2.84.